The minimum absolute atomic E-state index is 0.0381. The molecule has 0 aliphatic rings. The average molecular weight is 140 g/mol. The molecule has 0 aliphatic carbocycles. The highest BCUT2D eigenvalue weighted by molar-refractivity contribution is 5.72. The van der Waals surface area contributed by atoms with E-state index in [1.807, 2.05) is 0 Å². The van der Waals surface area contributed by atoms with Crippen LogP contribution in [0.25, 0.3) is 0 Å². The van der Waals surface area contributed by atoms with Gasteiger partial charge >= 0.3 is 0 Å². The topological polar surface area (TPSA) is 37.3 Å². The molecule has 0 aliphatic heterocycles. The summed E-state index contributed by atoms with van der Waals surface area (Å²) in [4.78, 5) is 10.1. The number of rotatable bonds is 5. The number of aliphatic hydroxyl groups excluding tert-OH is 1. The van der Waals surface area contributed by atoms with Gasteiger partial charge in [-0.05, 0) is 12.0 Å². The molecule has 0 aromatic carbocycles. The summed E-state index contributed by atoms with van der Waals surface area (Å²) in [5.74, 6) is -0.144. The van der Waals surface area contributed by atoms with Crippen LogP contribution < -0.4 is 0 Å². The van der Waals surface area contributed by atoms with Gasteiger partial charge in [-0.2, -0.15) is 0 Å². The van der Waals surface area contributed by atoms with Crippen molar-refractivity contribution in [2.45, 2.75) is 6.42 Å². The lowest BCUT2D eigenvalue weighted by molar-refractivity contribution is -0.105. The van der Waals surface area contributed by atoms with Crippen LogP contribution in [-0.4, -0.2) is 18.0 Å². The number of hydrogen-bond donors (Lipinski definition) is 1. The molecule has 2 heteroatoms. The smallest absolute Gasteiger partial charge is 0.145 e. The van der Waals surface area contributed by atoms with Crippen LogP contribution in [-0.2, 0) is 4.79 Å². The lowest BCUT2D eigenvalue weighted by Crippen LogP contribution is -2.08. The minimum atomic E-state index is -0.144. The van der Waals surface area contributed by atoms with E-state index in [0.717, 1.165) is 0 Å². The Morgan fingerprint density at radius 2 is 2.30 bits per heavy atom. The normalized spacial score (nSPS) is 12.1. The number of allylic oxidation sites excluding steroid dienone is 1. The zero-order chi connectivity index (χ0) is 7.98. The lowest BCUT2D eigenvalue weighted by atomic mass is 9.99. The van der Waals surface area contributed by atoms with E-state index in [1.165, 1.54) is 0 Å². The summed E-state index contributed by atoms with van der Waals surface area (Å²) in [6, 6.07) is 0. The van der Waals surface area contributed by atoms with Crippen LogP contribution in [0.5, 0.6) is 0 Å². The first kappa shape index (κ1) is 9.11. The number of aldehydes is 1. The summed E-state index contributed by atoms with van der Waals surface area (Å²) in [5, 5.41) is 8.69. The quantitative estimate of drug-likeness (QED) is 0.350. The van der Waals surface area contributed by atoms with Crippen LogP contribution in [0, 0.1) is 5.92 Å². The van der Waals surface area contributed by atoms with Gasteiger partial charge in [0.2, 0.25) is 0 Å². The van der Waals surface area contributed by atoms with Gasteiger partial charge in [-0.3, -0.25) is 4.79 Å². The Bertz CT molecular complexity index is 138. The van der Waals surface area contributed by atoms with Crippen LogP contribution in [0.15, 0.2) is 24.8 Å². The molecule has 10 heavy (non-hydrogen) atoms. The Kier molecular flexibility index (Phi) is 4.50. The zero-order valence-electron chi connectivity index (χ0n) is 5.92. The number of aliphatic hydroxyl groups is 1. The first-order chi connectivity index (χ1) is 4.76. The third kappa shape index (κ3) is 2.60. The molecule has 0 heterocycles. The van der Waals surface area contributed by atoms with Gasteiger partial charge in [0.25, 0.3) is 0 Å². The highest BCUT2D eigenvalue weighted by Gasteiger charge is 2.07. The standard InChI is InChI=1S/C8H12O2/c1-3-4-8(6-10)7(2)5-9/h3,5,8,10H,1-2,4,6H2. The molecule has 2 nitrogen and oxygen atoms in total. The fraction of sp³-hybridized carbons (Fsp3) is 0.375. The molecule has 0 radical (unpaired) electrons. The average Bonchev–Trinajstić information content (AvgIpc) is 1.99. The van der Waals surface area contributed by atoms with Crippen molar-refractivity contribution in [3.8, 4) is 0 Å². The third-order valence-electron chi connectivity index (χ3n) is 1.35. The summed E-state index contributed by atoms with van der Waals surface area (Å²) in [5.41, 5.74) is 0.433. The summed E-state index contributed by atoms with van der Waals surface area (Å²) in [6.07, 6.45) is 2.94. The first-order valence-electron chi connectivity index (χ1n) is 3.12. The van der Waals surface area contributed by atoms with E-state index >= 15 is 0 Å². The summed E-state index contributed by atoms with van der Waals surface area (Å²) < 4.78 is 0. The molecule has 0 aromatic heterocycles. The van der Waals surface area contributed by atoms with Crippen LogP contribution in [0.4, 0.5) is 0 Å². The second kappa shape index (κ2) is 4.94. The predicted octanol–water partition coefficient (Wildman–Crippen LogP) is 0.926. The largest absolute Gasteiger partial charge is 0.396 e. The minimum Gasteiger partial charge on any atom is -0.396 e. The highest BCUT2D eigenvalue weighted by atomic mass is 16.3. The van der Waals surface area contributed by atoms with Gasteiger partial charge < -0.3 is 5.11 Å². The van der Waals surface area contributed by atoms with Crippen LogP contribution in [0.2, 0.25) is 0 Å². The molecule has 0 amide bonds. The van der Waals surface area contributed by atoms with Crippen LogP contribution >= 0.6 is 0 Å². The summed E-state index contributed by atoms with van der Waals surface area (Å²) in [7, 11) is 0. The van der Waals surface area contributed by atoms with Crippen molar-refractivity contribution in [2.75, 3.05) is 6.61 Å². The van der Waals surface area contributed by atoms with Crippen molar-refractivity contribution < 1.29 is 9.90 Å². The molecule has 0 rings (SSSR count). The van der Waals surface area contributed by atoms with Crippen LogP contribution in [0.1, 0.15) is 6.42 Å². The molecular formula is C8H12O2. The van der Waals surface area contributed by atoms with Gasteiger partial charge in [0.05, 0.1) is 6.61 Å². The maximum absolute atomic E-state index is 10.1. The molecule has 1 atom stereocenters. The fourth-order valence-corrected chi connectivity index (χ4v) is 0.641. The van der Waals surface area contributed by atoms with Gasteiger partial charge in [-0.25, -0.2) is 0 Å². The number of carbonyl (C=O) groups is 1. The van der Waals surface area contributed by atoms with E-state index in [4.69, 9.17) is 5.11 Å². The van der Waals surface area contributed by atoms with E-state index in [2.05, 4.69) is 13.2 Å². The molecule has 0 saturated heterocycles. The Morgan fingerprint density at radius 1 is 1.70 bits per heavy atom. The maximum atomic E-state index is 10.1. The Labute approximate surface area is 60.9 Å². The third-order valence-corrected chi connectivity index (χ3v) is 1.35. The first-order valence-corrected chi connectivity index (χ1v) is 3.12. The zero-order valence-corrected chi connectivity index (χ0v) is 5.92. The van der Waals surface area contributed by atoms with Crippen molar-refractivity contribution in [1.29, 1.82) is 0 Å². The summed E-state index contributed by atoms with van der Waals surface area (Å²) >= 11 is 0. The monoisotopic (exact) mass is 140 g/mol. The second-order valence-corrected chi connectivity index (χ2v) is 2.10. The SMILES string of the molecule is C=CCC(CO)C(=C)C=O. The van der Waals surface area contributed by atoms with Gasteiger partial charge in [-0.1, -0.05) is 12.7 Å². The molecule has 0 saturated carbocycles. The molecule has 0 spiro atoms. The molecular weight excluding hydrogens is 128 g/mol. The predicted molar refractivity (Wildman–Crippen MR) is 40.6 cm³/mol. The van der Waals surface area contributed by atoms with E-state index in [1.54, 1.807) is 6.08 Å². The van der Waals surface area contributed by atoms with Crippen molar-refractivity contribution in [1.82, 2.24) is 0 Å². The van der Waals surface area contributed by atoms with Crippen molar-refractivity contribution in [3.63, 3.8) is 0 Å². The van der Waals surface area contributed by atoms with Gasteiger partial charge in [0.15, 0.2) is 0 Å². The summed E-state index contributed by atoms with van der Waals surface area (Å²) in [6.45, 7) is 6.95. The number of hydrogen-bond acceptors (Lipinski definition) is 2. The van der Waals surface area contributed by atoms with E-state index in [0.29, 0.717) is 18.3 Å². The van der Waals surface area contributed by atoms with Crippen molar-refractivity contribution >= 4 is 6.29 Å². The van der Waals surface area contributed by atoms with E-state index in [9.17, 15) is 4.79 Å². The van der Waals surface area contributed by atoms with Crippen molar-refractivity contribution in [2.24, 2.45) is 5.92 Å². The lowest BCUT2D eigenvalue weighted by Gasteiger charge is -2.08. The maximum Gasteiger partial charge on any atom is 0.145 e. The molecule has 0 fully saturated rings. The molecule has 0 aromatic rings. The fourth-order valence-electron chi connectivity index (χ4n) is 0.641. The molecule has 1 N–H and O–H groups in total. The van der Waals surface area contributed by atoms with Crippen LogP contribution in [0.3, 0.4) is 0 Å². The van der Waals surface area contributed by atoms with Gasteiger partial charge in [0.1, 0.15) is 6.29 Å². The molecule has 0 bridgehead atoms. The van der Waals surface area contributed by atoms with Crippen molar-refractivity contribution in [3.05, 3.63) is 24.8 Å². The van der Waals surface area contributed by atoms with E-state index in [-0.39, 0.29) is 12.5 Å². The second-order valence-electron chi connectivity index (χ2n) is 2.10. The van der Waals surface area contributed by atoms with Gasteiger partial charge in [-0.15, -0.1) is 6.58 Å². The molecule has 1 unspecified atom stereocenters. The molecule has 56 valence electrons. The Balaban J connectivity index is 3.91. The Hall–Kier alpha value is -0.890. The van der Waals surface area contributed by atoms with Gasteiger partial charge in [0, 0.05) is 5.92 Å². The highest BCUT2D eigenvalue weighted by Crippen LogP contribution is 2.10. The number of carbonyl (C=O) groups excluding carboxylic acids is 1. The Morgan fingerprint density at radius 3 is 2.60 bits per heavy atom. The van der Waals surface area contributed by atoms with E-state index < -0.39 is 0 Å².